The minimum absolute atomic E-state index is 0.0597. The molecular weight excluding hydrogens is 775 g/mol. The maximum Gasteiger partial charge on any atom is 0.257 e. The van der Waals surface area contributed by atoms with Gasteiger partial charge in [0.1, 0.15) is 29.8 Å². The first-order valence-electron chi connectivity index (χ1n) is 20.5. The molecule has 14 heteroatoms. The lowest BCUT2D eigenvalue weighted by molar-refractivity contribution is -0.164. The van der Waals surface area contributed by atoms with Gasteiger partial charge in [-0.3, -0.25) is 34.3 Å². The van der Waals surface area contributed by atoms with E-state index in [2.05, 4.69) is 49.3 Å². The number of benzene rings is 3. The number of nitrogens with one attached hydrogen (secondary N) is 2. The van der Waals surface area contributed by atoms with Gasteiger partial charge < -0.3 is 20.1 Å². The largest absolute Gasteiger partial charge is 0.489 e. The van der Waals surface area contributed by atoms with Crippen molar-refractivity contribution < 1.29 is 33.4 Å². The Morgan fingerprint density at radius 1 is 0.983 bits per heavy atom. The molecule has 1 aliphatic carbocycles. The van der Waals surface area contributed by atoms with E-state index in [1.807, 2.05) is 29.2 Å². The van der Waals surface area contributed by atoms with Crippen LogP contribution in [0.4, 0.5) is 10.1 Å². The first-order chi connectivity index (χ1) is 28.1. The summed E-state index contributed by atoms with van der Waals surface area (Å²) in [6.45, 7) is 12.0. The van der Waals surface area contributed by atoms with Gasteiger partial charge in [0.15, 0.2) is 6.23 Å². The molecule has 2 atom stereocenters. The minimum atomic E-state index is -1.46. The number of unbranched alkanes of at least 4 members (excludes halogenated alkanes) is 3. The van der Waals surface area contributed by atoms with Crippen LogP contribution in [0.1, 0.15) is 110 Å². The molecule has 0 radical (unpaired) electrons. The molecule has 2 saturated heterocycles. The van der Waals surface area contributed by atoms with Gasteiger partial charge >= 0.3 is 0 Å². The van der Waals surface area contributed by atoms with Crippen molar-refractivity contribution in [2.75, 3.05) is 37.6 Å². The van der Waals surface area contributed by atoms with E-state index in [0.717, 1.165) is 56.6 Å². The number of aryl methyl sites for hydroxylation is 1. The summed E-state index contributed by atoms with van der Waals surface area (Å²) in [6.07, 6.45) is 3.72. The smallest absolute Gasteiger partial charge is 0.257 e. The Hall–Kier alpha value is -5.03. The number of fused-ring (bicyclic) bond motifs is 1. The second-order valence-corrected chi connectivity index (χ2v) is 17.8. The van der Waals surface area contributed by atoms with E-state index in [4.69, 9.17) is 16.3 Å². The van der Waals surface area contributed by atoms with Crippen LogP contribution in [0, 0.1) is 28.0 Å². The van der Waals surface area contributed by atoms with Gasteiger partial charge in [-0.15, -0.1) is 0 Å². The highest BCUT2D eigenvalue weighted by molar-refractivity contribution is 6.31. The number of piperazine rings is 1. The van der Waals surface area contributed by atoms with Crippen LogP contribution < -0.4 is 20.3 Å². The number of hydrogen-bond donors (Lipinski definition) is 3. The highest BCUT2D eigenvalue weighted by Gasteiger charge is 2.64. The number of aliphatic hydroxyl groups excluding tert-OH is 1. The number of ether oxygens (including phenoxy) is 1. The fraction of sp³-hybridized carbons (Fsp3) is 0.489. The number of imide groups is 1. The Bertz CT molecular complexity index is 2150. The van der Waals surface area contributed by atoms with E-state index in [9.17, 15) is 29.5 Å². The van der Waals surface area contributed by atoms with Crippen molar-refractivity contribution >= 4 is 40.9 Å². The molecule has 3 aromatic carbocycles. The predicted molar refractivity (Wildman–Crippen MR) is 220 cm³/mol. The lowest BCUT2D eigenvalue weighted by atomic mass is 9.49. The molecule has 0 bridgehead atoms. The molecule has 4 aliphatic rings. The summed E-state index contributed by atoms with van der Waals surface area (Å²) in [4.78, 5) is 56.1. The molecule has 0 spiro atoms. The third-order valence-corrected chi connectivity index (χ3v) is 13.0. The molecule has 2 unspecified atom stereocenters. The van der Waals surface area contributed by atoms with Crippen LogP contribution in [-0.4, -0.2) is 89.4 Å². The molecule has 1 saturated carbocycles. The monoisotopic (exact) mass is 826 g/mol. The number of anilines is 1. The van der Waals surface area contributed by atoms with Crippen molar-refractivity contribution in [2.24, 2.45) is 10.8 Å². The standard InChI is InChI=1S/C45H52ClFN6O6/c1-44(2)42(45(3,4)43(44)59-30-15-14-29(26-48)33(46)23-30)50-38(55)28-12-10-27(11-13-28)9-7-5-6-8-18-51-19-21-52(22-20-51)36-25-32-31(24-34(36)47)40(57)53(41(32)58)35-16-17-37(54)49-39(35)56/h10-15,23-25,35,40,42-43,57H,5-9,16-22H2,1-4H3,(H,50,55)(H,49,54,56)/t35?,40?,42-,43-. The zero-order valence-electron chi connectivity index (χ0n) is 34.0. The number of rotatable bonds is 13. The second kappa shape index (κ2) is 16.9. The average molecular weight is 827 g/mol. The number of piperidine rings is 1. The molecule has 3 fully saturated rings. The van der Waals surface area contributed by atoms with Crippen molar-refractivity contribution in [3.05, 3.63) is 93.3 Å². The van der Waals surface area contributed by atoms with E-state index in [1.54, 1.807) is 18.2 Å². The van der Waals surface area contributed by atoms with Gasteiger partial charge in [0.2, 0.25) is 11.8 Å². The second-order valence-electron chi connectivity index (χ2n) is 17.4. The van der Waals surface area contributed by atoms with Crippen LogP contribution in [0.5, 0.6) is 5.75 Å². The molecular formula is C45H52ClFN6O6. The van der Waals surface area contributed by atoms with Crippen LogP contribution in [-0.2, 0) is 16.0 Å². The van der Waals surface area contributed by atoms with Crippen molar-refractivity contribution in [2.45, 2.75) is 97.1 Å². The van der Waals surface area contributed by atoms with Gasteiger partial charge in [-0.05, 0) is 74.2 Å². The number of nitrogens with zero attached hydrogens (tertiary/aromatic N) is 4. The number of nitriles is 1. The Labute approximate surface area is 349 Å². The summed E-state index contributed by atoms with van der Waals surface area (Å²) in [5.41, 5.74) is 2.12. The Balaban J connectivity index is 0.810. The quantitative estimate of drug-likeness (QED) is 0.136. The first-order valence-corrected chi connectivity index (χ1v) is 20.9. The topological polar surface area (TPSA) is 155 Å². The average Bonchev–Trinajstić information content (AvgIpc) is 3.44. The lowest BCUT2D eigenvalue weighted by Gasteiger charge is -2.63. The normalized spacial score (nSPS) is 23.6. The number of aliphatic hydroxyl groups is 1. The van der Waals surface area contributed by atoms with E-state index >= 15 is 4.39 Å². The summed E-state index contributed by atoms with van der Waals surface area (Å²) in [5, 5.41) is 25.9. The fourth-order valence-corrected chi connectivity index (χ4v) is 9.95. The van der Waals surface area contributed by atoms with Crippen molar-refractivity contribution in [3.63, 3.8) is 0 Å². The summed E-state index contributed by atoms with van der Waals surface area (Å²) in [6, 6.07) is 16.5. The maximum absolute atomic E-state index is 15.4. The lowest BCUT2D eigenvalue weighted by Crippen LogP contribution is -2.74. The summed E-state index contributed by atoms with van der Waals surface area (Å²) in [5.74, 6) is -1.65. The Morgan fingerprint density at radius 3 is 2.34 bits per heavy atom. The SMILES string of the molecule is CC1(C)[C@H](NC(=O)c2ccc(CCCCCCN3CCN(c4cc5c(cc4F)C(O)N(C4CCC(=O)NC4=O)C5=O)CC3)cc2)C(C)(C)[C@H]1Oc1ccc(C#N)c(Cl)c1. The molecule has 3 heterocycles. The van der Waals surface area contributed by atoms with E-state index in [1.165, 1.54) is 17.7 Å². The molecule has 4 amide bonds. The number of amides is 4. The zero-order valence-corrected chi connectivity index (χ0v) is 34.8. The van der Waals surface area contributed by atoms with Gasteiger partial charge in [0.05, 0.1) is 16.3 Å². The number of carbonyl (C=O) groups is 4. The molecule has 3 N–H and O–H groups in total. The fourth-order valence-electron chi connectivity index (χ4n) is 9.74. The number of halogens is 2. The van der Waals surface area contributed by atoms with Gasteiger partial charge in [0, 0.05) is 72.2 Å². The first kappa shape index (κ1) is 42.1. The maximum atomic E-state index is 15.4. The van der Waals surface area contributed by atoms with Crippen molar-refractivity contribution in [1.29, 1.82) is 5.26 Å². The highest BCUT2D eigenvalue weighted by Crippen LogP contribution is 2.55. The van der Waals surface area contributed by atoms with Crippen LogP contribution in [0.3, 0.4) is 0 Å². The van der Waals surface area contributed by atoms with Crippen molar-refractivity contribution in [1.82, 2.24) is 20.4 Å². The minimum Gasteiger partial charge on any atom is -0.489 e. The Kier molecular flexibility index (Phi) is 12.1. The molecule has 7 rings (SSSR count). The van der Waals surface area contributed by atoms with Gasteiger partial charge in [-0.25, -0.2) is 4.39 Å². The zero-order chi connectivity index (χ0) is 42.2. The van der Waals surface area contributed by atoms with Gasteiger partial charge in [0.25, 0.3) is 11.8 Å². The summed E-state index contributed by atoms with van der Waals surface area (Å²) < 4.78 is 21.7. The summed E-state index contributed by atoms with van der Waals surface area (Å²) >= 11 is 6.23. The van der Waals surface area contributed by atoms with Crippen LogP contribution in [0.15, 0.2) is 54.6 Å². The molecule has 312 valence electrons. The van der Waals surface area contributed by atoms with Crippen LogP contribution in [0.25, 0.3) is 0 Å². The van der Waals surface area contributed by atoms with E-state index < -0.39 is 35.8 Å². The molecule has 3 aromatic rings. The third kappa shape index (κ3) is 8.40. The van der Waals surface area contributed by atoms with E-state index in [0.29, 0.717) is 40.7 Å². The highest BCUT2D eigenvalue weighted by atomic mass is 35.5. The Morgan fingerprint density at radius 2 is 1.68 bits per heavy atom. The molecule has 59 heavy (non-hydrogen) atoms. The number of hydrogen-bond acceptors (Lipinski definition) is 9. The van der Waals surface area contributed by atoms with E-state index in [-0.39, 0.29) is 52.9 Å². The van der Waals surface area contributed by atoms with Gasteiger partial charge in [-0.1, -0.05) is 64.3 Å². The van der Waals surface area contributed by atoms with Crippen molar-refractivity contribution in [3.8, 4) is 11.8 Å². The van der Waals surface area contributed by atoms with Gasteiger partial charge in [-0.2, -0.15) is 5.26 Å². The number of carbonyl (C=O) groups excluding carboxylic acids is 4. The summed E-state index contributed by atoms with van der Waals surface area (Å²) in [7, 11) is 0. The predicted octanol–water partition coefficient (Wildman–Crippen LogP) is 6.14. The third-order valence-electron chi connectivity index (χ3n) is 12.7. The molecule has 0 aromatic heterocycles. The molecule has 3 aliphatic heterocycles. The van der Waals surface area contributed by atoms with Crippen LogP contribution in [0.2, 0.25) is 5.02 Å². The van der Waals surface area contributed by atoms with Crippen LogP contribution >= 0.6 is 11.6 Å². The molecule has 12 nitrogen and oxygen atoms in total.